The summed E-state index contributed by atoms with van der Waals surface area (Å²) in [6, 6.07) is 5.31. The smallest absolute Gasteiger partial charge is 0.416 e. The van der Waals surface area contributed by atoms with E-state index in [2.05, 4.69) is 4.99 Å². The molecule has 6 heteroatoms. The highest BCUT2D eigenvalue weighted by Gasteiger charge is 2.33. The Kier molecular flexibility index (Phi) is 4.09. The van der Waals surface area contributed by atoms with Crippen LogP contribution in [0.1, 0.15) is 17.5 Å². The molecule has 2 rings (SSSR count). The van der Waals surface area contributed by atoms with Gasteiger partial charge in [-0.15, -0.1) is 0 Å². The van der Waals surface area contributed by atoms with Gasteiger partial charge in [-0.25, -0.2) is 4.99 Å². The van der Waals surface area contributed by atoms with Crippen LogP contribution in [0.25, 0.3) is 0 Å². The SMILES string of the molecule is NCCC1=NC(Cc2ccccc2C(F)(F)F)CO1. The molecular weight excluding hydrogens is 257 g/mol. The minimum atomic E-state index is -4.33. The third kappa shape index (κ3) is 3.47. The van der Waals surface area contributed by atoms with Gasteiger partial charge in [-0.2, -0.15) is 13.2 Å². The molecule has 1 aromatic rings. The van der Waals surface area contributed by atoms with Crippen molar-refractivity contribution >= 4 is 5.90 Å². The monoisotopic (exact) mass is 272 g/mol. The van der Waals surface area contributed by atoms with Gasteiger partial charge in [0, 0.05) is 13.0 Å². The zero-order valence-electron chi connectivity index (χ0n) is 10.3. The molecule has 19 heavy (non-hydrogen) atoms. The first-order valence-electron chi connectivity index (χ1n) is 6.05. The lowest BCUT2D eigenvalue weighted by atomic mass is 10.0. The van der Waals surface area contributed by atoms with Gasteiger partial charge in [-0.05, 0) is 18.1 Å². The van der Waals surface area contributed by atoms with Crippen LogP contribution in [-0.4, -0.2) is 25.1 Å². The second-order valence-corrected chi connectivity index (χ2v) is 4.39. The van der Waals surface area contributed by atoms with E-state index in [9.17, 15) is 13.2 Å². The number of alkyl halides is 3. The molecule has 0 saturated carbocycles. The van der Waals surface area contributed by atoms with Crippen molar-refractivity contribution < 1.29 is 17.9 Å². The summed E-state index contributed by atoms with van der Waals surface area (Å²) >= 11 is 0. The number of aliphatic imine (C=N–C) groups is 1. The molecule has 0 radical (unpaired) electrons. The summed E-state index contributed by atoms with van der Waals surface area (Å²) in [5.41, 5.74) is 5.03. The third-order valence-corrected chi connectivity index (χ3v) is 2.91. The standard InChI is InChI=1S/C13H15F3N2O/c14-13(15,16)11-4-2-1-3-9(11)7-10-8-19-12(18-10)5-6-17/h1-4,10H,5-8,17H2. The number of halogens is 3. The Bertz CT molecular complexity index is 471. The van der Waals surface area contributed by atoms with Gasteiger partial charge in [0.2, 0.25) is 0 Å². The maximum atomic E-state index is 12.8. The van der Waals surface area contributed by atoms with Gasteiger partial charge in [0.15, 0.2) is 5.90 Å². The molecule has 1 aromatic carbocycles. The fraction of sp³-hybridized carbons (Fsp3) is 0.462. The van der Waals surface area contributed by atoms with E-state index >= 15 is 0 Å². The second-order valence-electron chi connectivity index (χ2n) is 4.39. The zero-order chi connectivity index (χ0) is 13.9. The Balaban J connectivity index is 2.12. The first kappa shape index (κ1) is 13.9. The Morgan fingerprint density at radius 1 is 1.32 bits per heavy atom. The van der Waals surface area contributed by atoms with Crippen LogP contribution in [0.4, 0.5) is 13.2 Å². The predicted molar refractivity (Wildman–Crippen MR) is 66.0 cm³/mol. The molecule has 0 aromatic heterocycles. The average molecular weight is 272 g/mol. The van der Waals surface area contributed by atoms with Gasteiger partial charge in [0.1, 0.15) is 6.61 Å². The molecule has 0 saturated heterocycles. The van der Waals surface area contributed by atoms with E-state index in [1.54, 1.807) is 6.07 Å². The van der Waals surface area contributed by atoms with Crippen LogP contribution in [0, 0.1) is 0 Å². The second kappa shape index (κ2) is 5.61. The summed E-state index contributed by atoms with van der Waals surface area (Å²) in [5, 5.41) is 0. The number of nitrogens with two attached hydrogens (primary N) is 1. The average Bonchev–Trinajstić information content (AvgIpc) is 2.76. The van der Waals surface area contributed by atoms with Crippen LogP contribution in [0.15, 0.2) is 29.3 Å². The number of benzene rings is 1. The summed E-state index contributed by atoms with van der Waals surface area (Å²) in [4.78, 5) is 4.24. The van der Waals surface area contributed by atoms with Crippen molar-refractivity contribution in [2.75, 3.05) is 13.2 Å². The van der Waals surface area contributed by atoms with E-state index < -0.39 is 11.7 Å². The first-order chi connectivity index (χ1) is 9.00. The van der Waals surface area contributed by atoms with E-state index in [1.807, 2.05) is 0 Å². The summed E-state index contributed by atoms with van der Waals surface area (Å²) in [7, 11) is 0. The predicted octanol–water partition coefficient (Wildman–Crippen LogP) is 2.39. The number of rotatable bonds is 4. The van der Waals surface area contributed by atoms with Crippen molar-refractivity contribution in [2.24, 2.45) is 10.7 Å². The summed E-state index contributed by atoms with van der Waals surface area (Å²) in [6.45, 7) is 0.742. The molecule has 104 valence electrons. The van der Waals surface area contributed by atoms with E-state index in [1.165, 1.54) is 12.1 Å². The van der Waals surface area contributed by atoms with Crippen LogP contribution in [0.5, 0.6) is 0 Å². The Morgan fingerprint density at radius 3 is 2.74 bits per heavy atom. The van der Waals surface area contributed by atoms with Gasteiger partial charge >= 0.3 is 6.18 Å². The van der Waals surface area contributed by atoms with Crippen molar-refractivity contribution in [3.05, 3.63) is 35.4 Å². The molecule has 0 fully saturated rings. The van der Waals surface area contributed by atoms with Gasteiger partial charge in [-0.3, -0.25) is 0 Å². The van der Waals surface area contributed by atoms with E-state index in [0.717, 1.165) is 6.07 Å². The Labute approximate surface area is 109 Å². The number of ether oxygens (including phenoxy) is 1. The number of nitrogens with zero attached hydrogens (tertiary/aromatic N) is 1. The topological polar surface area (TPSA) is 47.6 Å². The lowest BCUT2D eigenvalue weighted by Gasteiger charge is -2.13. The van der Waals surface area contributed by atoms with Crippen LogP contribution in [-0.2, 0) is 17.3 Å². The highest BCUT2D eigenvalue weighted by Crippen LogP contribution is 2.32. The quantitative estimate of drug-likeness (QED) is 0.914. The molecule has 3 nitrogen and oxygen atoms in total. The van der Waals surface area contributed by atoms with Gasteiger partial charge < -0.3 is 10.5 Å². The fourth-order valence-corrected chi connectivity index (χ4v) is 2.06. The van der Waals surface area contributed by atoms with Crippen LogP contribution in [0.2, 0.25) is 0 Å². The normalized spacial score (nSPS) is 19.2. The van der Waals surface area contributed by atoms with Crippen molar-refractivity contribution in [1.82, 2.24) is 0 Å². The highest BCUT2D eigenvalue weighted by atomic mass is 19.4. The fourth-order valence-electron chi connectivity index (χ4n) is 2.06. The van der Waals surface area contributed by atoms with E-state index in [0.29, 0.717) is 25.5 Å². The first-order valence-corrected chi connectivity index (χ1v) is 6.05. The van der Waals surface area contributed by atoms with E-state index in [-0.39, 0.29) is 18.0 Å². The molecular formula is C13H15F3N2O. The number of hydrogen-bond acceptors (Lipinski definition) is 3. The van der Waals surface area contributed by atoms with Crippen LogP contribution >= 0.6 is 0 Å². The molecule has 1 heterocycles. The van der Waals surface area contributed by atoms with Crippen LogP contribution < -0.4 is 5.73 Å². The lowest BCUT2D eigenvalue weighted by molar-refractivity contribution is -0.138. The summed E-state index contributed by atoms with van der Waals surface area (Å²) in [5.74, 6) is 0.539. The molecule has 0 amide bonds. The maximum absolute atomic E-state index is 12.8. The van der Waals surface area contributed by atoms with Gasteiger partial charge in [0.05, 0.1) is 11.6 Å². The molecule has 0 bridgehead atoms. The molecule has 1 aliphatic rings. The van der Waals surface area contributed by atoms with Crippen molar-refractivity contribution in [3.8, 4) is 0 Å². The van der Waals surface area contributed by atoms with Crippen molar-refractivity contribution in [3.63, 3.8) is 0 Å². The third-order valence-electron chi connectivity index (χ3n) is 2.91. The lowest BCUT2D eigenvalue weighted by Crippen LogP contribution is -2.15. The molecule has 0 aliphatic carbocycles. The Hall–Kier alpha value is -1.56. The molecule has 2 N–H and O–H groups in total. The molecule has 1 atom stereocenters. The molecule has 1 aliphatic heterocycles. The van der Waals surface area contributed by atoms with Gasteiger partial charge in [0.25, 0.3) is 0 Å². The van der Waals surface area contributed by atoms with Gasteiger partial charge in [-0.1, -0.05) is 18.2 Å². The highest BCUT2D eigenvalue weighted by molar-refractivity contribution is 5.77. The largest absolute Gasteiger partial charge is 0.479 e. The Morgan fingerprint density at radius 2 is 2.05 bits per heavy atom. The molecule has 0 spiro atoms. The summed E-state index contributed by atoms with van der Waals surface area (Å²) in [6.07, 6.45) is -3.58. The summed E-state index contributed by atoms with van der Waals surface area (Å²) < 4.78 is 43.8. The van der Waals surface area contributed by atoms with E-state index in [4.69, 9.17) is 10.5 Å². The minimum absolute atomic E-state index is 0.226. The zero-order valence-corrected chi connectivity index (χ0v) is 10.3. The maximum Gasteiger partial charge on any atom is 0.416 e. The van der Waals surface area contributed by atoms with Crippen molar-refractivity contribution in [1.29, 1.82) is 0 Å². The van der Waals surface area contributed by atoms with Crippen LogP contribution in [0.3, 0.4) is 0 Å². The number of hydrogen-bond donors (Lipinski definition) is 1. The van der Waals surface area contributed by atoms with Crippen molar-refractivity contribution in [2.45, 2.75) is 25.1 Å². The molecule has 1 unspecified atom stereocenters. The minimum Gasteiger partial charge on any atom is -0.479 e.